The first-order valence-corrected chi connectivity index (χ1v) is 17.5. The van der Waals surface area contributed by atoms with E-state index in [0.29, 0.717) is 37.4 Å². The van der Waals surface area contributed by atoms with Crippen LogP contribution in [0.2, 0.25) is 0 Å². The normalized spacial score (nSPS) is 13.0. The van der Waals surface area contributed by atoms with Crippen LogP contribution in [0.5, 0.6) is 11.5 Å². The summed E-state index contributed by atoms with van der Waals surface area (Å²) in [7, 11) is 0. The Kier molecular flexibility index (Phi) is 10.8. The molecule has 51 heavy (non-hydrogen) atoms. The van der Waals surface area contributed by atoms with Crippen molar-refractivity contribution in [2.24, 2.45) is 0 Å². The lowest BCUT2D eigenvalue weighted by molar-refractivity contribution is 0.0595. The summed E-state index contributed by atoms with van der Waals surface area (Å²) < 4.78 is 12.3. The van der Waals surface area contributed by atoms with E-state index >= 15 is 0 Å². The van der Waals surface area contributed by atoms with Crippen molar-refractivity contribution >= 4 is 17.5 Å². The van der Waals surface area contributed by atoms with E-state index in [9.17, 15) is 9.59 Å². The SMILES string of the molecule is CCN(C(=O)c1c(C)cc(-c2ccc(OCc3ccc(OC4CCN(C(=O)c5ccc(C)cc5)CC4)cc3)cc2)cc1C)c1ccc(C#N)cc1. The second kappa shape index (κ2) is 15.8. The van der Waals surface area contributed by atoms with Crippen molar-refractivity contribution in [3.63, 3.8) is 0 Å². The lowest BCUT2D eigenvalue weighted by Crippen LogP contribution is -2.41. The first kappa shape index (κ1) is 35.0. The zero-order valence-electron chi connectivity index (χ0n) is 29.7. The summed E-state index contributed by atoms with van der Waals surface area (Å²) in [5.41, 5.74) is 8.84. The number of benzene rings is 5. The van der Waals surface area contributed by atoms with Crippen LogP contribution < -0.4 is 14.4 Å². The largest absolute Gasteiger partial charge is 0.490 e. The maximum absolute atomic E-state index is 13.7. The number of nitriles is 1. The fourth-order valence-electron chi connectivity index (χ4n) is 6.58. The number of ether oxygens (including phenoxy) is 2. The van der Waals surface area contributed by atoms with Crippen LogP contribution in [0.3, 0.4) is 0 Å². The molecule has 7 nitrogen and oxygen atoms in total. The van der Waals surface area contributed by atoms with E-state index in [0.717, 1.165) is 69.0 Å². The van der Waals surface area contributed by atoms with Gasteiger partial charge in [-0.1, -0.05) is 54.1 Å². The van der Waals surface area contributed by atoms with Gasteiger partial charge >= 0.3 is 0 Å². The summed E-state index contributed by atoms with van der Waals surface area (Å²) in [6.45, 7) is 10.2. The molecule has 1 aliphatic heterocycles. The smallest absolute Gasteiger partial charge is 0.258 e. The van der Waals surface area contributed by atoms with Crippen LogP contribution in [-0.4, -0.2) is 42.5 Å². The molecule has 0 saturated carbocycles. The fourth-order valence-corrected chi connectivity index (χ4v) is 6.58. The molecule has 0 unspecified atom stereocenters. The summed E-state index contributed by atoms with van der Waals surface area (Å²) >= 11 is 0. The van der Waals surface area contributed by atoms with Gasteiger partial charge in [0.05, 0.1) is 11.6 Å². The summed E-state index contributed by atoms with van der Waals surface area (Å²) in [6.07, 6.45) is 1.69. The Morgan fingerprint density at radius 1 is 0.784 bits per heavy atom. The average molecular weight is 678 g/mol. The number of carbonyl (C=O) groups excluding carboxylic acids is 2. The molecule has 0 aromatic heterocycles. The van der Waals surface area contributed by atoms with E-state index in [1.165, 1.54) is 0 Å². The molecule has 0 bridgehead atoms. The Hall–Kier alpha value is -5.87. The van der Waals surface area contributed by atoms with Gasteiger partial charge in [0, 0.05) is 49.3 Å². The molecule has 6 rings (SSSR count). The Balaban J connectivity index is 1.01. The Labute approximate surface area is 300 Å². The van der Waals surface area contributed by atoms with Crippen LogP contribution in [0.15, 0.2) is 109 Å². The maximum atomic E-state index is 13.7. The number of hydrogen-bond donors (Lipinski definition) is 0. The van der Waals surface area contributed by atoms with Crippen molar-refractivity contribution in [2.75, 3.05) is 24.5 Å². The zero-order valence-corrected chi connectivity index (χ0v) is 29.7. The highest BCUT2D eigenvalue weighted by Crippen LogP contribution is 2.30. The van der Waals surface area contributed by atoms with Crippen LogP contribution in [0.25, 0.3) is 11.1 Å². The zero-order chi connectivity index (χ0) is 35.9. The predicted molar refractivity (Wildman–Crippen MR) is 201 cm³/mol. The first-order chi connectivity index (χ1) is 24.7. The molecule has 258 valence electrons. The van der Waals surface area contributed by atoms with Crippen LogP contribution in [-0.2, 0) is 6.61 Å². The van der Waals surface area contributed by atoms with Crippen molar-refractivity contribution < 1.29 is 19.1 Å². The van der Waals surface area contributed by atoms with Gasteiger partial charge in [-0.05, 0) is 116 Å². The minimum atomic E-state index is -0.0558. The molecule has 7 heteroatoms. The van der Waals surface area contributed by atoms with Crippen molar-refractivity contribution in [1.29, 1.82) is 5.26 Å². The molecule has 2 amide bonds. The van der Waals surface area contributed by atoms with Gasteiger partial charge in [0.15, 0.2) is 0 Å². The molecule has 5 aromatic carbocycles. The second-order valence-electron chi connectivity index (χ2n) is 13.1. The van der Waals surface area contributed by atoms with Crippen molar-refractivity contribution in [3.05, 3.63) is 148 Å². The van der Waals surface area contributed by atoms with Gasteiger partial charge in [0.1, 0.15) is 24.2 Å². The lowest BCUT2D eigenvalue weighted by Gasteiger charge is -2.32. The highest BCUT2D eigenvalue weighted by molar-refractivity contribution is 6.08. The third-order valence-electron chi connectivity index (χ3n) is 9.46. The maximum Gasteiger partial charge on any atom is 0.258 e. The van der Waals surface area contributed by atoms with E-state index < -0.39 is 0 Å². The highest BCUT2D eigenvalue weighted by Gasteiger charge is 2.25. The van der Waals surface area contributed by atoms with Crippen molar-refractivity contribution in [3.8, 4) is 28.7 Å². The van der Waals surface area contributed by atoms with E-state index in [1.807, 2.05) is 118 Å². The first-order valence-electron chi connectivity index (χ1n) is 17.5. The number of hydrogen-bond acceptors (Lipinski definition) is 5. The molecule has 0 radical (unpaired) electrons. The molecule has 0 N–H and O–H groups in total. The average Bonchev–Trinajstić information content (AvgIpc) is 3.15. The van der Waals surface area contributed by atoms with E-state index in [-0.39, 0.29) is 17.9 Å². The Morgan fingerprint density at radius 2 is 1.39 bits per heavy atom. The molecule has 5 aromatic rings. The number of piperidine rings is 1. The number of amides is 2. The quantitative estimate of drug-likeness (QED) is 0.147. The number of nitrogens with zero attached hydrogens (tertiary/aromatic N) is 3. The minimum absolute atomic E-state index is 0.0558. The highest BCUT2D eigenvalue weighted by atomic mass is 16.5. The van der Waals surface area contributed by atoms with Gasteiger partial charge < -0.3 is 19.3 Å². The molecule has 1 fully saturated rings. The number of carbonyl (C=O) groups is 2. The predicted octanol–water partition coefficient (Wildman–Crippen LogP) is 9.08. The Bertz CT molecular complexity index is 2000. The van der Waals surface area contributed by atoms with Crippen LogP contribution >= 0.6 is 0 Å². The summed E-state index contributed by atoms with van der Waals surface area (Å²) in [4.78, 5) is 30.2. The molecule has 1 saturated heterocycles. The number of rotatable bonds is 10. The van der Waals surface area contributed by atoms with Crippen LogP contribution in [0, 0.1) is 32.1 Å². The number of aryl methyl sites for hydroxylation is 3. The topological polar surface area (TPSA) is 82.9 Å². The van der Waals surface area contributed by atoms with E-state index in [4.69, 9.17) is 14.7 Å². The Morgan fingerprint density at radius 3 is 1.98 bits per heavy atom. The summed E-state index contributed by atoms with van der Waals surface area (Å²) in [5, 5.41) is 9.14. The molecular formula is C44H43N3O4. The van der Waals surface area contributed by atoms with E-state index in [1.54, 1.807) is 17.0 Å². The van der Waals surface area contributed by atoms with Gasteiger partial charge in [-0.3, -0.25) is 9.59 Å². The second-order valence-corrected chi connectivity index (χ2v) is 13.1. The van der Waals surface area contributed by atoms with Crippen molar-refractivity contribution in [2.45, 2.75) is 53.2 Å². The minimum Gasteiger partial charge on any atom is -0.490 e. The van der Waals surface area contributed by atoms with E-state index in [2.05, 4.69) is 18.2 Å². The fraction of sp³-hybridized carbons (Fsp3) is 0.250. The van der Waals surface area contributed by atoms with Crippen molar-refractivity contribution in [1.82, 2.24) is 4.90 Å². The van der Waals surface area contributed by atoms with Gasteiger partial charge in [0.2, 0.25) is 0 Å². The third-order valence-corrected chi connectivity index (χ3v) is 9.46. The van der Waals surface area contributed by atoms with Gasteiger partial charge in [-0.2, -0.15) is 5.26 Å². The molecule has 1 aliphatic rings. The standard InChI is InChI=1S/C44H43N3O4/c1-5-47(38-16-8-33(28-45)9-17-38)44(49)42-31(3)26-37(27-32(42)4)35-14-20-39(21-15-35)50-29-34-10-18-40(19-11-34)51-41-22-24-46(25-23-41)43(48)36-12-6-30(2)7-13-36/h6-21,26-27,41H,5,22-25,29H2,1-4H3. The van der Waals surface area contributed by atoms with Gasteiger partial charge in [-0.25, -0.2) is 0 Å². The van der Waals surface area contributed by atoms with Crippen LogP contribution in [0.1, 0.15) is 68.3 Å². The van der Waals surface area contributed by atoms with Gasteiger partial charge in [-0.15, -0.1) is 0 Å². The monoisotopic (exact) mass is 677 g/mol. The van der Waals surface area contributed by atoms with Crippen LogP contribution in [0.4, 0.5) is 5.69 Å². The molecule has 0 atom stereocenters. The molecular weight excluding hydrogens is 635 g/mol. The summed E-state index contributed by atoms with van der Waals surface area (Å²) in [6, 6.07) is 37.1. The third kappa shape index (κ3) is 8.30. The lowest BCUT2D eigenvalue weighted by atomic mass is 9.94. The van der Waals surface area contributed by atoms with Gasteiger partial charge in [0.25, 0.3) is 11.8 Å². The number of likely N-dealkylation sites (tertiary alicyclic amines) is 1. The molecule has 0 aliphatic carbocycles. The number of anilines is 1. The summed E-state index contributed by atoms with van der Waals surface area (Å²) in [5.74, 6) is 1.62. The molecule has 0 spiro atoms. The molecule has 1 heterocycles.